The van der Waals surface area contributed by atoms with E-state index < -0.39 is 0 Å². The maximum absolute atomic E-state index is 4.65. The molecule has 5 nitrogen and oxygen atoms in total. The highest BCUT2D eigenvalue weighted by Crippen LogP contribution is 2.27. The molecule has 1 unspecified atom stereocenters. The van der Waals surface area contributed by atoms with Crippen molar-refractivity contribution in [2.45, 2.75) is 32.1 Å². The van der Waals surface area contributed by atoms with E-state index in [-0.39, 0.29) is 0 Å². The standard InChI is InChI=1S/C10H15N5S/c1-6(2)8-12-13-10-15(8)14-9(16-10)7-3-4-11-5-7/h6-7,11H,3-5H2,1-2H3. The van der Waals surface area contributed by atoms with Crippen LogP contribution in [0, 0.1) is 0 Å². The molecular weight excluding hydrogens is 222 g/mol. The number of nitrogens with zero attached hydrogens (tertiary/aromatic N) is 4. The van der Waals surface area contributed by atoms with Crippen molar-refractivity contribution in [3.8, 4) is 0 Å². The molecule has 0 spiro atoms. The third-order valence-electron chi connectivity index (χ3n) is 2.96. The molecule has 0 aromatic carbocycles. The largest absolute Gasteiger partial charge is 0.316 e. The monoisotopic (exact) mass is 237 g/mol. The number of nitrogens with one attached hydrogen (secondary N) is 1. The Balaban J connectivity index is 2.02. The fourth-order valence-electron chi connectivity index (χ4n) is 2.04. The Labute approximate surface area is 97.9 Å². The topological polar surface area (TPSA) is 55.1 Å². The molecule has 6 heteroatoms. The van der Waals surface area contributed by atoms with E-state index in [4.69, 9.17) is 0 Å². The van der Waals surface area contributed by atoms with Crippen LogP contribution >= 0.6 is 11.3 Å². The average Bonchev–Trinajstić information content (AvgIpc) is 2.92. The quantitative estimate of drug-likeness (QED) is 0.857. The van der Waals surface area contributed by atoms with E-state index in [1.54, 1.807) is 11.3 Å². The maximum Gasteiger partial charge on any atom is 0.234 e. The number of hydrogen-bond donors (Lipinski definition) is 1. The Morgan fingerprint density at radius 3 is 3.00 bits per heavy atom. The summed E-state index contributed by atoms with van der Waals surface area (Å²) in [6, 6.07) is 0. The predicted molar refractivity (Wildman–Crippen MR) is 63.0 cm³/mol. The molecule has 1 N–H and O–H groups in total. The predicted octanol–water partition coefficient (Wildman–Crippen LogP) is 1.39. The van der Waals surface area contributed by atoms with Crippen molar-refractivity contribution in [2.24, 2.45) is 0 Å². The normalized spacial score (nSPS) is 21.3. The lowest BCUT2D eigenvalue weighted by Gasteiger charge is -2.01. The van der Waals surface area contributed by atoms with Crippen molar-refractivity contribution in [1.29, 1.82) is 0 Å². The molecule has 1 aliphatic rings. The Hall–Kier alpha value is -1.01. The van der Waals surface area contributed by atoms with E-state index in [0.29, 0.717) is 11.8 Å². The summed E-state index contributed by atoms with van der Waals surface area (Å²) in [5.41, 5.74) is 0. The van der Waals surface area contributed by atoms with Gasteiger partial charge >= 0.3 is 0 Å². The van der Waals surface area contributed by atoms with Gasteiger partial charge in [0.2, 0.25) is 4.96 Å². The van der Waals surface area contributed by atoms with Crippen LogP contribution < -0.4 is 5.32 Å². The molecule has 0 saturated carbocycles. The molecule has 86 valence electrons. The first-order valence-electron chi connectivity index (χ1n) is 5.68. The van der Waals surface area contributed by atoms with Gasteiger partial charge in [0.25, 0.3) is 0 Å². The van der Waals surface area contributed by atoms with Gasteiger partial charge in [-0.15, -0.1) is 10.2 Å². The summed E-state index contributed by atoms with van der Waals surface area (Å²) in [6.07, 6.45) is 1.18. The van der Waals surface area contributed by atoms with Gasteiger partial charge < -0.3 is 5.32 Å². The molecule has 3 rings (SSSR count). The van der Waals surface area contributed by atoms with Crippen LogP contribution in [-0.4, -0.2) is 32.9 Å². The molecule has 3 heterocycles. The molecule has 16 heavy (non-hydrogen) atoms. The van der Waals surface area contributed by atoms with Crippen molar-refractivity contribution in [1.82, 2.24) is 25.1 Å². The highest BCUT2D eigenvalue weighted by molar-refractivity contribution is 7.16. The zero-order valence-electron chi connectivity index (χ0n) is 9.47. The summed E-state index contributed by atoms with van der Waals surface area (Å²) < 4.78 is 1.91. The lowest BCUT2D eigenvalue weighted by molar-refractivity contribution is 0.688. The summed E-state index contributed by atoms with van der Waals surface area (Å²) in [5.74, 6) is 1.89. The number of aromatic nitrogens is 4. The van der Waals surface area contributed by atoms with Gasteiger partial charge in [-0.3, -0.25) is 0 Å². The van der Waals surface area contributed by atoms with Crippen LogP contribution in [0.25, 0.3) is 4.96 Å². The van der Waals surface area contributed by atoms with E-state index in [2.05, 4.69) is 34.5 Å². The molecule has 0 radical (unpaired) electrons. The molecule has 2 aromatic rings. The fraction of sp³-hybridized carbons (Fsp3) is 0.700. The van der Waals surface area contributed by atoms with E-state index in [1.807, 2.05) is 4.52 Å². The van der Waals surface area contributed by atoms with Gasteiger partial charge in [0.05, 0.1) is 0 Å². The minimum Gasteiger partial charge on any atom is -0.316 e. The zero-order chi connectivity index (χ0) is 11.1. The number of hydrogen-bond acceptors (Lipinski definition) is 5. The minimum atomic E-state index is 0.367. The van der Waals surface area contributed by atoms with Crippen LogP contribution in [0.5, 0.6) is 0 Å². The SMILES string of the molecule is CC(C)c1nnc2sc(C3CCNC3)nn12. The lowest BCUT2D eigenvalue weighted by atomic mass is 10.1. The van der Waals surface area contributed by atoms with Crippen molar-refractivity contribution in [3.63, 3.8) is 0 Å². The second kappa shape index (κ2) is 3.78. The van der Waals surface area contributed by atoms with Gasteiger partial charge in [0.1, 0.15) is 5.01 Å². The fourth-order valence-corrected chi connectivity index (χ4v) is 3.02. The van der Waals surface area contributed by atoms with E-state index in [0.717, 1.165) is 23.9 Å². The highest BCUT2D eigenvalue weighted by atomic mass is 32.1. The van der Waals surface area contributed by atoms with Crippen LogP contribution in [0.4, 0.5) is 0 Å². The molecule has 1 fully saturated rings. The Bertz CT molecular complexity index is 494. The summed E-state index contributed by atoms with van der Waals surface area (Å²) in [5, 5.41) is 17.6. The third kappa shape index (κ3) is 1.53. The van der Waals surface area contributed by atoms with Crippen molar-refractivity contribution in [3.05, 3.63) is 10.8 Å². The van der Waals surface area contributed by atoms with Crippen LogP contribution in [0.15, 0.2) is 0 Å². The summed E-state index contributed by atoms with van der Waals surface area (Å²) in [6.45, 7) is 6.38. The van der Waals surface area contributed by atoms with Gasteiger partial charge in [-0.1, -0.05) is 25.2 Å². The summed E-state index contributed by atoms with van der Waals surface area (Å²) >= 11 is 1.67. The van der Waals surface area contributed by atoms with Crippen molar-refractivity contribution >= 4 is 16.3 Å². The average molecular weight is 237 g/mol. The van der Waals surface area contributed by atoms with Gasteiger partial charge in [0.15, 0.2) is 5.82 Å². The third-order valence-corrected chi connectivity index (χ3v) is 4.02. The Morgan fingerprint density at radius 2 is 2.31 bits per heavy atom. The van der Waals surface area contributed by atoms with Gasteiger partial charge in [-0.2, -0.15) is 9.61 Å². The number of rotatable bonds is 2. The van der Waals surface area contributed by atoms with Crippen LogP contribution in [-0.2, 0) is 0 Å². The van der Waals surface area contributed by atoms with E-state index in [9.17, 15) is 0 Å². The molecule has 1 aliphatic heterocycles. The molecular formula is C10H15N5S. The number of fused-ring (bicyclic) bond motifs is 1. The van der Waals surface area contributed by atoms with Gasteiger partial charge in [-0.05, 0) is 13.0 Å². The molecule has 2 aromatic heterocycles. The highest BCUT2D eigenvalue weighted by Gasteiger charge is 2.22. The smallest absolute Gasteiger partial charge is 0.234 e. The molecule has 0 bridgehead atoms. The first-order valence-corrected chi connectivity index (χ1v) is 6.50. The lowest BCUT2D eigenvalue weighted by Crippen LogP contribution is -2.08. The summed E-state index contributed by atoms with van der Waals surface area (Å²) in [7, 11) is 0. The molecule has 1 saturated heterocycles. The van der Waals surface area contributed by atoms with E-state index in [1.165, 1.54) is 11.4 Å². The van der Waals surface area contributed by atoms with Crippen LogP contribution in [0.3, 0.4) is 0 Å². The minimum absolute atomic E-state index is 0.367. The maximum atomic E-state index is 4.65. The molecule has 0 aliphatic carbocycles. The van der Waals surface area contributed by atoms with Crippen molar-refractivity contribution in [2.75, 3.05) is 13.1 Å². The van der Waals surface area contributed by atoms with Crippen molar-refractivity contribution < 1.29 is 0 Å². The second-order valence-corrected chi connectivity index (χ2v) is 5.52. The Morgan fingerprint density at radius 1 is 1.44 bits per heavy atom. The zero-order valence-corrected chi connectivity index (χ0v) is 10.3. The van der Waals surface area contributed by atoms with Crippen LogP contribution in [0.2, 0.25) is 0 Å². The first kappa shape index (κ1) is 10.2. The van der Waals surface area contributed by atoms with Gasteiger partial charge in [0, 0.05) is 18.4 Å². The molecule has 0 amide bonds. The molecule has 1 atom stereocenters. The second-order valence-electron chi connectivity index (χ2n) is 4.54. The Kier molecular flexibility index (Phi) is 2.40. The van der Waals surface area contributed by atoms with Crippen LogP contribution in [0.1, 0.15) is 42.9 Å². The van der Waals surface area contributed by atoms with E-state index >= 15 is 0 Å². The first-order chi connectivity index (χ1) is 7.75. The summed E-state index contributed by atoms with van der Waals surface area (Å²) in [4.78, 5) is 0.922. The van der Waals surface area contributed by atoms with Gasteiger partial charge in [-0.25, -0.2) is 0 Å².